The highest BCUT2D eigenvalue weighted by Gasteiger charge is 2.10. The molecule has 0 aliphatic carbocycles. The Balaban J connectivity index is 2.09. The topological polar surface area (TPSA) is 75.6 Å². The molecule has 5 heteroatoms. The van der Waals surface area contributed by atoms with E-state index in [0.29, 0.717) is 12.1 Å². The first kappa shape index (κ1) is 14.6. The largest absolute Gasteiger partial charge is 0.478 e. The van der Waals surface area contributed by atoms with Crippen molar-refractivity contribution in [2.75, 3.05) is 12.4 Å². The van der Waals surface area contributed by atoms with Crippen molar-refractivity contribution >= 4 is 17.6 Å². The highest BCUT2D eigenvalue weighted by molar-refractivity contribution is 5.91. The molecule has 0 spiro atoms. The summed E-state index contributed by atoms with van der Waals surface area (Å²) >= 11 is 0. The number of carbonyl (C=O) groups is 2. The molecule has 2 aromatic rings. The van der Waals surface area contributed by atoms with Gasteiger partial charge >= 0.3 is 11.9 Å². The van der Waals surface area contributed by atoms with Crippen molar-refractivity contribution in [3.63, 3.8) is 0 Å². The number of hydrogen-bond donors (Lipinski definition) is 2. The van der Waals surface area contributed by atoms with Crippen LogP contribution in [0.4, 0.5) is 5.69 Å². The number of aromatic carboxylic acids is 1. The molecule has 0 aliphatic rings. The third-order valence-electron chi connectivity index (χ3n) is 3.04. The molecular weight excluding hydrogens is 270 g/mol. The molecule has 2 aromatic carbocycles. The van der Waals surface area contributed by atoms with Crippen LogP contribution < -0.4 is 5.32 Å². The monoisotopic (exact) mass is 285 g/mol. The summed E-state index contributed by atoms with van der Waals surface area (Å²) in [5, 5.41) is 12.0. The second-order valence-electron chi connectivity index (χ2n) is 4.38. The number of methoxy groups -OCH3 is 1. The Morgan fingerprint density at radius 3 is 2.38 bits per heavy atom. The third kappa shape index (κ3) is 3.60. The van der Waals surface area contributed by atoms with Gasteiger partial charge in [-0.1, -0.05) is 18.2 Å². The zero-order chi connectivity index (χ0) is 15.2. The molecule has 0 fully saturated rings. The Bertz CT molecular complexity index is 650. The van der Waals surface area contributed by atoms with E-state index in [2.05, 4.69) is 5.32 Å². The summed E-state index contributed by atoms with van der Waals surface area (Å²) in [5.41, 5.74) is 2.33. The van der Waals surface area contributed by atoms with Crippen molar-refractivity contribution < 1.29 is 19.4 Å². The van der Waals surface area contributed by atoms with Gasteiger partial charge in [-0.2, -0.15) is 0 Å². The fourth-order valence-electron chi connectivity index (χ4n) is 1.91. The van der Waals surface area contributed by atoms with Gasteiger partial charge in [-0.3, -0.25) is 0 Å². The second-order valence-corrected chi connectivity index (χ2v) is 4.38. The number of rotatable bonds is 5. The first-order valence-corrected chi connectivity index (χ1v) is 6.35. The number of carboxylic acids is 1. The van der Waals surface area contributed by atoms with Crippen molar-refractivity contribution in [1.29, 1.82) is 0 Å². The maximum atomic E-state index is 11.6. The summed E-state index contributed by atoms with van der Waals surface area (Å²) in [6, 6.07) is 13.6. The van der Waals surface area contributed by atoms with Crippen molar-refractivity contribution in [3.05, 3.63) is 65.2 Å². The van der Waals surface area contributed by atoms with Crippen molar-refractivity contribution in [2.24, 2.45) is 0 Å². The molecule has 5 nitrogen and oxygen atoms in total. The van der Waals surface area contributed by atoms with E-state index in [1.807, 2.05) is 12.1 Å². The predicted octanol–water partition coefficient (Wildman–Crippen LogP) is 2.78. The molecule has 21 heavy (non-hydrogen) atoms. The second kappa shape index (κ2) is 6.56. The molecule has 2 rings (SSSR count). The first-order valence-electron chi connectivity index (χ1n) is 6.35. The number of benzene rings is 2. The molecule has 0 atom stereocenters. The van der Waals surface area contributed by atoms with Crippen molar-refractivity contribution in [2.45, 2.75) is 6.54 Å². The Morgan fingerprint density at radius 2 is 1.76 bits per heavy atom. The molecule has 0 amide bonds. The lowest BCUT2D eigenvalue weighted by atomic mass is 10.1. The maximum Gasteiger partial charge on any atom is 0.338 e. The molecule has 0 unspecified atom stereocenters. The predicted molar refractivity (Wildman–Crippen MR) is 78.5 cm³/mol. The number of anilines is 1. The fourth-order valence-corrected chi connectivity index (χ4v) is 1.91. The Kier molecular flexibility index (Phi) is 4.56. The SMILES string of the molecule is COC(=O)c1ccccc1CNc1ccc(C(=O)O)cc1. The summed E-state index contributed by atoms with van der Waals surface area (Å²) < 4.78 is 4.74. The zero-order valence-corrected chi connectivity index (χ0v) is 11.5. The average molecular weight is 285 g/mol. The van der Waals surface area contributed by atoms with Gasteiger partial charge in [-0.25, -0.2) is 9.59 Å². The lowest BCUT2D eigenvalue weighted by molar-refractivity contribution is 0.0598. The standard InChI is InChI=1S/C16H15NO4/c1-21-16(20)14-5-3-2-4-12(14)10-17-13-8-6-11(7-9-13)15(18)19/h2-9,17H,10H2,1H3,(H,18,19). The van der Waals surface area contributed by atoms with Crippen LogP contribution in [0, 0.1) is 0 Å². The first-order chi connectivity index (χ1) is 10.1. The van der Waals surface area contributed by atoms with Crippen LogP contribution in [0.15, 0.2) is 48.5 Å². The minimum absolute atomic E-state index is 0.232. The molecular formula is C16H15NO4. The van der Waals surface area contributed by atoms with Gasteiger partial charge < -0.3 is 15.2 Å². The van der Waals surface area contributed by atoms with E-state index in [0.717, 1.165) is 11.3 Å². The van der Waals surface area contributed by atoms with Crippen LogP contribution in [-0.4, -0.2) is 24.2 Å². The van der Waals surface area contributed by atoms with Gasteiger partial charge in [0.15, 0.2) is 0 Å². The molecule has 0 heterocycles. The van der Waals surface area contributed by atoms with Gasteiger partial charge in [0.2, 0.25) is 0 Å². The van der Waals surface area contributed by atoms with Crippen LogP contribution in [0.3, 0.4) is 0 Å². The van der Waals surface area contributed by atoms with Crippen LogP contribution >= 0.6 is 0 Å². The van der Waals surface area contributed by atoms with Gasteiger partial charge in [-0.05, 0) is 35.9 Å². The number of carboxylic acid groups (broad SMARTS) is 1. The van der Waals surface area contributed by atoms with Gasteiger partial charge in [0, 0.05) is 12.2 Å². The van der Waals surface area contributed by atoms with E-state index in [-0.39, 0.29) is 11.5 Å². The third-order valence-corrected chi connectivity index (χ3v) is 3.04. The fraction of sp³-hybridized carbons (Fsp3) is 0.125. The summed E-state index contributed by atoms with van der Waals surface area (Å²) in [5.74, 6) is -1.34. The lowest BCUT2D eigenvalue weighted by Gasteiger charge is -2.10. The smallest absolute Gasteiger partial charge is 0.338 e. The minimum atomic E-state index is -0.961. The number of carbonyl (C=O) groups excluding carboxylic acids is 1. The van der Waals surface area contributed by atoms with Gasteiger partial charge in [0.1, 0.15) is 0 Å². The van der Waals surface area contributed by atoms with E-state index < -0.39 is 5.97 Å². The summed E-state index contributed by atoms with van der Waals surface area (Å²) in [6.45, 7) is 0.442. The molecule has 0 bridgehead atoms. The normalized spacial score (nSPS) is 9.95. The Hall–Kier alpha value is -2.82. The van der Waals surface area contributed by atoms with E-state index in [1.165, 1.54) is 19.2 Å². The lowest BCUT2D eigenvalue weighted by Crippen LogP contribution is -2.09. The summed E-state index contributed by atoms with van der Waals surface area (Å²) in [7, 11) is 1.34. The Morgan fingerprint density at radius 1 is 1.10 bits per heavy atom. The van der Waals surface area contributed by atoms with Crippen LogP contribution in [-0.2, 0) is 11.3 Å². The van der Waals surface area contributed by atoms with E-state index in [4.69, 9.17) is 9.84 Å². The molecule has 0 saturated heterocycles. The van der Waals surface area contributed by atoms with Crippen molar-refractivity contribution in [1.82, 2.24) is 0 Å². The maximum absolute atomic E-state index is 11.6. The minimum Gasteiger partial charge on any atom is -0.478 e. The van der Waals surface area contributed by atoms with E-state index in [1.54, 1.807) is 24.3 Å². The highest BCUT2D eigenvalue weighted by atomic mass is 16.5. The average Bonchev–Trinajstić information content (AvgIpc) is 2.52. The number of ether oxygens (including phenoxy) is 1. The number of esters is 1. The molecule has 0 saturated carbocycles. The molecule has 0 aliphatic heterocycles. The molecule has 2 N–H and O–H groups in total. The van der Waals surface area contributed by atoms with Gasteiger partial charge in [0.05, 0.1) is 18.2 Å². The number of hydrogen-bond acceptors (Lipinski definition) is 4. The zero-order valence-electron chi connectivity index (χ0n) is 11.5. The van der Waals surface area contributed by atoms with Crippen LogP contribution in [0.1, 0.15) is 26.3 Å². The van der Waals surface area contributed by atoms with Crippen molar-refractivity contribution in [3.8, 4) is 0 Å². The summed E-state index contributed by atoms with van der Waals surface area (Å²) in [4.78, 5) is 22.4. The molecule has 0 radical (unpaired) electrons. The van der Waals surface area contributed by atoms with Crippen LogP contribution in [0.2, 0.25) is 0 Å². The highest BCUT2D eigenvalue weighted by Crippen LogP contribution is 2.14. The van der Waals surface area contributed by atoms with Gasteiger partial charge in [0.25, 0.3) is 0 Å². The quantitative estimate of drug-likeness (QED) is 0.826. The summed E-state index contributed by atoms with van der Waals surface area (Å²) in [6.07, 6.45) is 0. The molecule has 0 aromatic heterocycles. The van der Waals surface area contributed by atoms with Crippen LogP contribution in [0.5, 0.6) is 0 Å². The number of nitrogens with one attached hydrogen (secondary N) is 1. The van der Waals surface area contributed by atoms with Crippen LogP contribution in [0.25, 0.3) is 0 Å². The molecule has 108 valence electrons. The van der Waals surface area contributed by atoms with Gasteiger partial charge in [-0.15, -0.1) is 0 Å². The van der Waals surface area contributed by atoms with E-state index >= 15 is 0 Å². The van der Waals surface area contributed by atoms with E-state index in [9.17, 15) is 9.59 Å². The Labute approximate surface area is 122 Å².